The van der Waals surface area contributed by atoms with Crippen LogP contribution in [0.5, 0.6) is 0 Å². The van der Waals surface area contributed by atoms with Crippen LogP contribution < -0.4 is 11.1 Å². The van der Waals surface area contributed by atoms with Gasteiger partial charge in [-0.1, -0.05) is 6.08 Å². The van der Waals surface area contributed by atoms with Crippen molar-refractivity contribution in [1.29, 1.82) is 0 Å². The molecule has 0 aromatic heterocycles. The maximum absolute atomic E-state index is 11.8. The number of primary amides is 1. The van der Waals surface area contributed by atoms with E-state index in [0.29, 0.717) is 17.8 Å². The molecule has 2 amide bonds. The minimum atomic E-state index is -1.02. The fourth-order valence-corrected chi connectivity index (χ4v) is 1.68. The summed E-state index contributed by atoms with van der Waals surface area (Å²) in [4.78, 5) is 34.9. The van der Waals surface area contributed by atoms with Crippen LogP contribution >= 0.6 is 0 Å². The molecule has 1 rings (SSSR count). The monoisotopic (exact) mass is 291 g/mol. The molecule has 4 N–H and O–H groups in total. The van der Waals surface area contributed by atoms with E-state index in [4.69, 9.17) is 10.8 Å². The molecule has 0 heterocycles. The lowest BCUT2D eigenvalue weighted by Crippen LogP contribution is -2.37. The Morgan fingerprint density at radius 2 is 1.86 bits per heavy atom. The molecule has 7 heteroatoms. The predicted octanol–water partition coefficient (Wildman–Crippen LogP) is 0.297. The summed E-state index contributed by atoms with van der Waals surface area (Å²) in [5, 5.41) is 11.4. The smallest absolute Gasteiger partial charge is 0.317 e. The fraction of sp³-hybridized carbons (Fsp3) is 0.214. The third-order valence-corrected chi connectivity index (χ3v) is 2.57. The Balaban J connectivity index is 2.60. The Bertz CT molecular complexity index is 540. The van der Waals surface area contributed by atoms with Gasteiger partial charge in [0.1, 0.15) is 0 Å². The van der Waals surface area contributed by atoms with Gasteiger partial charge in [-0.25, -0.2) is 0 Å². The summed E-state index contributed by atoms with van der Waals surface area (Å²) in [6, 6.07) is 6.09. The number of carboxylic acid groups (broad SMARTS) is 1. The van der Waals surface area contributed by atoms with E-state index in [1.165, 1.54) is 23.1 Å². The highest BCUT2D eigenvalue weighted by atomic mass is 16.4. The second kappa shape index (κ2) is 7.81. The molecule has 0 saturated carbocycles. The Morgan fingerprint density at radius 3 is 2.33 bits per heavy atom. The van der Waals surface area contributed by atoms with Crippen molar-refractivity contribution in [3.8, 4) is 0 Å². The highest BCUT2D eigenvalue weighted by Gasteiger charge is 2.13. The van der Waals surface area contributed by atoms with Crippen molar-refractivity contribution in [2.45, 2.75) is 0 Å². The van der Waals surface area contributed by atoms with Gasteiger partial charge in [0.25, 0.3) is 0 Å². The first kappa shape index (κ1) is 16.4. The Kier molecular flexibility index (Phi) is 6.09. The first-order valence-electron chi connectivity index (χ1n) is 6.17. The molecule has 1 aromatic rings. The van der Waals surface area contributed by atoms with Crippen molar-refractivity contribution in [3.63, 3.8) is 0 Å². The van der Waals surface area contributed by atoms with E-state index >= 15 is 0 Å². The summed E-state index contributed by atoms with van der Waals surface area (Å²) < 4.78 is 0. The number of carboxylic acids is 1. The second-order valence-corrected chi connectivity index (χ2v) is 4.34. The van der Waals surface area contributed by atoms with E-state index in [9.17, 15) is 14.4 Å². The molecule has 112 valence electrons. The summed E-state index contributed by atoms with van der Waals surface area (Å²) in [5.74, 6) is -1.92. The third kappa shape index (κ3) is 5.87. The molecule has 0 fully saturated rings. The van der Waals surface area contributed by atoms with Gasteiger partial charge in [-0.2, -0.15) is 0 Å². The molecule has 0 aliphatic carbocycles. The number of rotatable bonds is 8. The zero-order chi connectivity index (χ0) is 15.8. The lowest BCUT2D eigenvalue weighted by molar-refractivity contribution is -0.138. The lowest BCUT2D eigenvalue weighted by Gasteiger charge is -2.17. The minimum absolute atomic E-state index is 0.0735. The molecule has 1 aromatic carbocycles. The molecular formula is C14H17N3O4. The van der Waals surface area contributed by atoms with E-state index in [0.717, 1.165) is 0 Å². The summed E-state index contributed by atoms with van der Waals surface area (Å²) >= 11 is 0. The van der Waals surface area contributed by atoms with Gasteiger partial charge in [0.2, 0.25) is 11.8 Å². The van der Waals surface area contributed by atoms with Gasteiger partial charge < -0.3 is 16.2 Å². The van der Waals surface area contributed by atoms with Crippen molar-refractivity contribution in [2.75, 3.05) is 25.0 Å². The molecule has 0 bridgehead atoms. The van der Waals surface area contributed by atoms with Crippen LogP contribution in [0, 0.1) is 0 Å². The number of carbonyl (C=O) groups excluding carboxylic acids is 2. The summed E-state index contributed by atoms with van der Waals surface area (Å²) in [6.45, 7) is 3.48. The highest BCUT2D eigenvalue weighted by Crippen LogP contribution is 2.09. The number of nitrogens with zero attached hydrogens (tertiary/aromatic N) is 1. The average molecular weight is 291 g/mol. The van der Waals surface area contributed by atoms with Crippen molar-refractivity contribution in [2.24, 2.45) is 5.73 Å². The molecular weight excluding hydrogens is 274 g/mol. The molecule has 0 saturated heterocycles. The molecule has 0 atom stereocenters. The molecule has 0 aliphatic heterocycles. The first-order valence-corrected chi connectivity index (χ1v) is 6.17. The van der Waals surface area contributed by atoms with Crippen LogP contribution in [-0.2, 0) is 9.59 Å². The zero-order valence-electron chi connectivity index (χ0n) is 11.4. The molecule has 7 nitrogen and oxygen atoms in total. The van der Waals surface area contributed by atoms with Crippen molar-refractivity contribution in [3.05, 3.63) is 42.5 Å². The van der Waals surface area contributed by atoms with E-state index in [2.05, 4.69) is 11.9 Å². The second-order valence-electron chi connectivity index (χ2n) is 4.34. The number of hydrogen-bond acceptors (Lipinski definition) is 4. The SMILES string of the molecule is C=CCN(CC(=O)O)CC(=O)Nc1ccc(C(N)=O)cc1. The van der Waals surface area contributed by atoms with Gasteiger partial charge >= 0.3 is 5.97 Å². The standard InChI is InChI=1S/C14H17N3O4/c1-2-7-17(9-13(19)20)8-12(18)16-11-5-3-10(4-6-11)14(15)21/h2-6H,1,7-9H2,(H2,15,21)(H,16,18)(H,19,20). The number of nitrogens with two attached hydrogens (primary N) is 1. The van der Waals surface area contributed by atoms with Crippen molar-refractivity contribution >= 4 is 23.5 Å². The first-order chi connectivity index (χ1) is 9.92. The summed E-state index contributed by atoms with van der Waals surface area (Å²) in [6.07, 6.45) is 1.53. The van der Waals surface area contributed by atoms with E-state index in [-0.39, 0.29) is 19.0 Å². The van der Waals surface area contributed by atoms with Gasteiger partial charge in [0.15, 0.2) is 0 Å². The summed E-state index contributed by atoms with van der Waals surface area (Å²) in [5.41, 5.74) is 5.95. The molecule has 0 radical (unpaired) electrons. The number of aliphatic carboxylic acids is 1. The number of anilines is 1. The highest BCUT2D eigenvalue weighted by molar-refractivity contribution is 5.95. The Labute approximate surface area is 122 Å². The van der Waals surface area contributed by atoms with Crippen LogP contribution in [0.1, 0.15) is 10.4 Å². The van der Waals surface area contributed by atoms with Gasteiger partial charge in [-0.15, -0.1) is 6.58 Å². The summed E-state index contributed by atoms with van der Waals surface area (Å²) in [7, 11) is 0. The Hall–Kier alpha value is -2.67. The fourth-order valence-electron chi connectivity index (χ4n) is 1.68. The molecule has 0 unspecified atom stereocenters. The number of amides is 2. The van der Waals surface area contributed by atoms with E-state index in [1.807, 2.05) is 0 Å². The van der Waals surface area contributed by atoms with Gasteiger partial charge in [-0.3, -0.25) is 19.3 Å². The van der Waals surface area contributed by atoms with E-state index in [1.54, 1.807) is 12.1 Å². The number of carbonyl (C=O) groups is 3. The third-order valence-electron chi connectivity index (χ3n) is 2.57. The van der Waals surface area contributed by atoms with Crippen molar-refractivity contribution < 1.29 is 19.5 Å². The minimum Gasteiger partial charge on any atom is -0.480 e. The van der Waals surface area contributed by atoms with Crippen LogP contribution in [-0.4, -0.2) is 47.4 Å². The van der Waals surface area contributed by atoms with Gasteiger partial charge in [-0.05, 0) is 24.3 Å². The molecule has 21 heavy (non-hydrogen) atoms. The molecule has 0 aliphatic rings. The predicted molar refractivity (Wildman–Crippen MR) is 77.9 cm³/mol. The largest absolute Gasteiger partial charge is 0.480 e. The van der Waals surface area contributed by atoms with Crippen molar-refractivity contribution in [1.82, 2.24) is 4.90 Å². The van der Waals surface area contributed by atoms with Crippen LogP contribution in [0.3, 0.4) is 0 Å². The quantitative estimate of drug-likeness (QED) is 0.596. The maximum Gasteiger partial charge on any atom is 0.317 e. The van der Waals surface area contributed by atoms with Crippen LogP contribution in [0.15, 0.2) is 36.9 Å². The van der Waals surface area contributed by atoms with Crippen LogP contribution in [0.25, 0.3) is 0 Å². The van der Waals surface area contributed by atoms with Gasteiger partial charge in [0.05, 0.1) is 13.1 Å². The number of benzene rings is 1. The molecule has 0 spiro atoms. The maximum atomic E-state index is 11.8. The lowest BCUT2D eigenvalue weighted by atomic mass is 10.2. The topological polar surface area (TPSA) is 113 Å². The van der Waals surface area contributed by atoms with Gasteiger partial charge in [0, 0.05) is 17.8 Å². The zero-order valence-corrected chi connectivity index (χ0v) is 11.4. The number of hydrogen-bond donors (Lipinski definition) is 3. The van der Waals surface area contributed by atoms with Crippen LogP contribution in [0.4, 0.5) is 5.69 Å². The van der Waals surface area contributed by atoms with Crippen LogP contribution in [0.2, 0.25) is 0 Å². The normalized spacial score (nSPS) is 10.1. The van der Waals surface area contributed by atoms with E-state index < -0.39 is 11.9 Å². The number of nitrogens with one attached hydrogen (secondary N) is 1. The Morgan fingerprint density at radius 1 is 1.24 bits per heavy atom. The average Bonchev–Trinajstić information content (AvgIpc) is 2.38.